The van der Waals surface area contributed by atoms with Crippen LogP contribution in [0.25, 0.3) is 83.3 Å². The lowest BCUT2D eigenvalue weighted by Crippen LogP contribution is -2.28. The summed E-state index contributed by atoms with van der Waals surface area (Å²) in [5, 5.41) is 0.657. The van der Waals surface area contributed by atoms with E-state index in [0.717, 1.165) is 64.0 Å². The zero-order valence-electron chi connectivity index (χ0n) is 57.5. The van der Waals surface area contributed by atoms with E-state index in [1.165, 1.54) is 65.5 Å². The van der Waals surface area contributed by atoms with E-state index in [-0.39, 0.29) is 46.4 Å². The van der Waals surface area contributed by atoms with Gasteiger partial charge in [-0.2, -0.15) is 0 Å². The van der Waals surface area contributed by atoms with Gasteiger partial charge in [-0.1, -0.05) is 205 Å². The molecule has 0 radical (unpaired) electrons. The number of rotatable bonds is 11. The number of benzene rings is 10. The third kappa shape index (κ3) is 9.66. The Labute approximate surface area is 513 Å². The molecule has 6 heteroatoms. The van der Waals surface area contributed by atoms with Crippen LogP contribution < -0.4 is 14.5 Å². The Balaban J connectivity index is 0.994. The van der Waals surface area contributed by atoms with E-state index >= 15 is 0 Å². The van der Waals surface area contributed by atoms with Crippen LogP contribution in [0, 0.1) is 0 Å². The molecule has 3 aliphatic rings. The molecule has 3 heterocycles. The molecule has 0 N–H and O–H groups in total. The highest BCUT2D eigenvalue weighted by atomic mass is 16.5. The van der Waals surface area contributed by atoms with Gasteiger partial charge in [-0.05, 0) is 171 Å². The summed E-state index contributed by atoms with van der Waals surface area (Å²) in [6, 6.07) is 61.1. The van der Waals surface area contributed by atoms with Crippen molar-refractivity contribution in [3.05, 3.63) is 241 Å². The summed E-state index contributed by atoms with van der Waals surface area (Å²) in [6.07, 6.45) is 11.9. The third-order valence-electron chi connectivity index (χ3n) is 18.2. The smallest absolute Gasteiger partial charge is 0.215 e. The molecule has 2 aromatic heterocycles. The van der Waals surface area contributed by atoms with E-state index < -0.39 is 19.1 Å². The number of anilines is 4. The predicted molar refractivity (Wildman–Crippen MR) is 356 cm³/mol. The van der Waals surface area contributed by atoms with Gasteiger partial charge in [0.1, 0.15) is 18.2 Å². The van der Waals surface area contributed by atoms with Crippen LogP contribution in [0.15, 0.2) is 224 Å². The molecule has 420 valence electrons. The van der Waals surface area contributed by atoms with Crippen molar-refractivity contribution in [2.24, 2.45) is 6.98 Å². The Morgan fingerprint density at radius 1 is 0.506 bits per heavy atom. The topological polar surface area (TPSA) is 38.5 Å². The van der Waals surface area contributed by atoms with E-state index in [4.69, 9.17) is 16.6 Å². The van der Waals surface area contributed by atoms with Crippen LogP contribution in [-0.4, -0.2) is 20.8 Å². The summed E-state index contributed by atoms with van der Waals surface area (Å²) >= 11 is 0. The molecule has 1 aliphatic heterocycles. The number of imidazole rings is 1. The number of fused-ring (bicyclic) bond motifs is 5. The van der Waals surface area contributed by atoms with Crippen LogP contribution in [0.3, 0.4) is 0 Å². The molecule has 85 heavy (non-hydrogen) atoms. The van der Waals surface area contributed by atoms with E-state index in [2.05, 4.69) is 79.1 Å². The van der Waals surface area contributed by atoms with Crippen molar-refractivity contribution in [2.45, 2.75) is 102 Å². The Morgan fingerprint density at radius 2 is 1.09 bits per heavy atom. The standard InChI is InChI=1S/C79H73N5O/c1-79(2,3)60-48-68(56-32-16-8-17-33-56)77(69(49-60)57-34-18-9-19-35-57)83-52-82(73-40-24-25-41-74(73)83)61-44-59(76-66(54-28-12-6-13-29-54)46-58(53-26-10-5-11-27-53)47-67(76)55-30-14-7-15-31-55)45-63(50-61)85-62-42-43-65-64-36-20-22-38-71(64)84(75(65)51-62)78-80-70-37-21-23-39-72(70)81(78)4/h5-7,10-15,20-31,36-51,56-57H,8-9,16-19,32-35,52H2,1-4H3/i4D3,20D,22D,36D,38D,46D,47D. The summed E-state index contributed by atoms with van der Waals surface area (Å²) in [5.74, 6) is 1.53. The first kappa shape index (κ1) is 43.5. The molecule has 6 nitrogen and oxygen atoms in total. The van der Waals surface area contributed by atoms with Crippen molar-refractivity contribution in [3.63, 3.8) is 0 Å². The fourth-order valence-electron chi connectivity index (χ4n) is 13.9. The van der Waals surface area contributed by atoms with E-state index in [9.17, 15) is 5.48 Å². The molecule has 0 unspecified atom stereocenters. The fourth-order valence-corrected chi connectivity index (χ4v) is 13.9. The molecular weight excluding hydrogens is 1030 g/mol. The van der Waals surface area contributed by atoms with Crippen LogP contribution in [0.1, 0.15) is 126 Å². The van der Waals surface area contributed by atoms with Crippen molar-refractivity contribution in [1.82, 2.24) is 14.1 Å². The molecule has 0 atom stereocenters. The molecule has 0 bridgehead atoms. The number of hydrogen-bond donors (Lipinski definition) is 0. The van der Waals surface area contributed by atoms with Gasteiger partial charge in [-0.3, -0.25) is 4.57 Å². The molecule has 12 aromatic rings. The minimum atomic E-state index is -2.76. The first-order valence-corrected chi connectivity index (χ1v) is 30.4. The van der Waals surface area contributed by atoms with Crippen molar-refractivity contribution in [3.8, 4) is 62.0 Å². The second kappa shape index (κ2) is 21.8. The summed E-state index contributed by atoms with van der Waals surface area (Å²) in [7, 11) is 0. The molecule has 0 spiro atoms. The largest absolute Gasteiger partial charge is 0.457 e. The van der Waals surface area contributed by atoms with Gasteiger partial charge < -0.3 is 19.1 Å². The molecule has 10 aromatic carbocycles. The molecule has 0 saturated heterocycles. The quantitative estimate of drug-likeness (QED) is 0.129. The predicted octanol–water partition coefficient (Wildman–Crippen LogP) is 21.8. The second-order valence-electron chi connectivity index (χ2n) is 24.5. The van der Waals surface area contributed by atoms with E-state index in [1.807, 2.05) is 97.1 Å². The normalized spacial score (nSPS) is 16.8. The van der Waals surface area contributed by atoms with Crippen LogP contribution >= 0.6 is 0 Å². The maximum absolute atomic E-state index is 10.4. The zero-order chi connectivity index (χ0) is 64.9. The maximum Gasteiger partial charge on any atom is 0.215 e. The van der Waals surface area contributed by atoms with Gasteiger partial charge in [0.05, 0.1) is 41.7 Å². The molecular formula is C79H73N5O. The highest BCUT2D eigenvalue weighted by molar-refractivity contribution is 6.09. The first-order chi connectivity index (χ1) is 45.4. The molecule has 2 aliphatic carbocycles. The average molecular weight is 1120 g/mol. The van der Waals surface area contributed by atoms with Gasteiger partial charge in [-0.15, -0.1) is 0 Å². The minimum absolute atomic E-state index is 0.0468. The summed E-state index contributed by atoms with van der Waals surface area (Å²) in [4.78, 5) is 9.90. The van der Waals surface area contributed by atoms with Gasteiger partial charge in [0.2, 0.25) is 5.95 Å². The first-order valence-electron chi connectivity index (χ1n) is 34.9. The minimum Gasteiger partial charge on any atom is -0.457 e. The van der Waals surface area contributed by atoms with Crippen LogP contribution in [0.5, 0.6) is 11.5 Å². The Morgan fingerprint density at radius 3 is 1.73 bits per heavy atom. The Kier molecular flexibility index (Phi) is 11.2. The summed E-state index contributed by atoms with van der Waals surface area (Å²) in [6.45, 7) is 4.77. The van der Waals surface area contributed by atoms with Crippen LogP contribution in [0.2, 0.25) is 0 Å². The fraction of sp³-hybridized carbons (Fsp3) is 0.228. The van der Waals surface area contributed by atoms with Crippen LogP contribution in [0.4, 0.5) is 22.7 Å². The van der Waals surface area contributed by atoms with Gasteiger partial charge >= 0.3 is 0 Å². The lowest BCUT2D eigenvalue weighted by molar-refractivity contribution is 0.434. The third-order valence-corrected chi connectivity index (χ3v) is 18.2. The average Bonchev–Trinajstić information content (AvgIpc) is 1.50. The Bertz CT molecular complexity index is 4820. The number of nitrogens with zero attached hydrogens (tertiary/aromatic N) is 5. The van der Waals surface area contributed by atoms with Crippen molar-refractivity contribution in [2.75, 3.05) is 16.5 Å². The molecule has 15 rings (SSSR count). The molecule has 0 amide bonds. The zero-order valence-corrected chi connectivity index (χ0v) is 48.5. The number of ether oxygens (including phenoxy) is 1. The van der Waals surface area contributed by atoms with Gasteiger partial charge in [0.25, 0.3) is 0 Å². The van der Waals surface area contributed by atoms with Crippen LogP contribution in [-0.2, 0) is 12.4 Å². The summed E-state index contributed by atoms with van der Waals surface area (Å²) in [5.41, 5.74) is 15.2. The van der Waals surface area contributed by atoms with Gasteiger partial charge in [0, 0.05) is 45.4 Å². The number of aromatic nitrogens is 3. The Hall–Kier alpha value is -9.13. The molecule has 2 saturated carbocycles. The van der Waals surface area contributed by atoms with Gasteiger partial charge in [-0.25, -0.2) is 4.98 Å². The number of hydrogen-bond acceptors (Lipinski definition) is 4. The highest BCUT2D eigenvalue weighted by Crippen LogP contribution is 2.54. The number of para-hydroxylation sites is 5. The maximum atomic E-state index is 10.4. The lowest BCUT2D eigenvalue weighted by Gasteiger charge is -2.36. The second-order valence-corrected chi connectivity index (χ2v) is 24.5. The monoisotopic (exact) mass is 1120 g/mol. The van der Waals surface area contributed by atoms with Crippen molar-refractivity contribution >= 4 is 55.6 Å². The van der Waals surface area contributed by atoms with Crippen molar-refractivity contribution < 1.29 is 17.1 Å². The summed E-state index contributed by atoms with van der Waals surface area (Å²) < 4.78 is 94.1. The van der Waals surface area contributed by atoms with E-state index in [1.54, 1.807) is 42.5 Å². The van der Waals surface area contributed by atoms with Gasteiger partial charge in [0.15, 0.2) is 0 Å². The van der Waals surface area contributed by atoms with Crippen molar-refractivity contribution in [1.29, 1.82) is 0 Å². The number of aryl methyl sites for hydroxylation is 1. The SMILES string of the molecule is [2H]c1c(-c2ccccc2)c([2H])c(-c2ccccc2)c(-c2cc(Oc3ccc4c5c([2H])c([2H])c([2H])c([2H])c5n(-c5nc6ccccc6n5C([2H])([2H])[2H])c4c3)cc(N3CN(c4c(C5CCCCC5)cc(C(C)(C)C)cc4C4CCCCC4)c4ccccc43)c2)c1-c1ccccc1. The van der Waals surface area contributed by atoms with E-state index in [0.29, 0.717) is 79.8 Å². The molecule has 2 fully saturated rings. The lowest BCUT2D eigenvalue weighted by atomic mass is 9.74. The highest BCUT2D eigenvalue weighted by Gasteiger charge is 2.36.